The third-order valence-electron chi connectivity index (χ3n) is 3.25. The molecule has 5 nitrogen and oxygen atoms in total. The molecule has 0 saturated carbocycles. The number of amides is 1. The maximum Gasteiger partial charge on any atom is 0.267 e. The number of halogens is 2. The van der Waals surface area contributed by atoms with E-state index in [0.29, 0.717) is 17.9 Å². The second-order valence-electron chi connectivity index (χ2n) is 5.31. The van der Waals surface area contributed by atoms with Gasteiger partial charge in [-0.15, -0.1) is 0 Å². The zero-order valence-electron chi connectivity index (χ0n) is 13.2. The first kappa shape index (κ1) is 17.9. The Hall–Kier alpha value is -2.48. The van der Waals surface area contributed by atoms with Crippen LogP contribution in [-0.2, 0) is 10.0 Å². The van der Waals surface area contributed by atoms with Crippen LogP contribution in [0.15, 0.2) is 30.3 Å². The molecule has 0 unspecified atom stereocenters. The van der Waals surface area contributed by atoms with Crippen molar-refractivity contribution in [3.8, 4) is 11.5 Å². The zero-order valence-corrected chi connectivity index (χ0v) is 14.0. The Labute approximate surface area is 138 Å². The number of hydrogen-bond donors (Lipinski definition) is 1. The summed E-state index contributed by atoms with van der Waals surface area (Å²) in [5.41, 5.74) is 1.20. The summed E-state index contributed by atoms with van der Waals surface area (Å²) in [6.45, 7) is 3.74. The predicted molar refractivity (Wildman–Crippen MR) is 84.7 cm³/mol. The second kappa shape index (κ2) is 6.56. The Bertz CT molecular complexity index is 911. The lowest BCUT2D eigenvalue weighted by Crippen LogP contribution is -2.30. The Morgan fingerprint density at radius 3 is 2.29 bits per heavy atom. The lowest BCUT2D eigenvalue weighted by Gasteiger charge is -2.11. The zero-order chi connectivity index (χ0) is 18.1. The average molecular weight is 355 g/mol. The summed E-state index contributed by atoms with van der Waals surface area (Å²) >= 11 is 0. The van der Waals surface area contributed by atoms with Crippen LogP contribution in [0.3, 0.4) is 0 Å². The highest BCUT2D eigenvalue weighted by atomic mass is 32.2. The van der Waals surface area contributed by atoms with Crippen molar-refractivity contribution < 1.29 is 26.7 Å². The molecule has 0 heterocycles. The Kier molecular flexibility index (Phi) is 4.88. The fraction of sp³-hybridized carbons (Fsp3) is 0.188. The summed E-state index contributed by atoms with van der Waals surface area (Å²) in [4.78, 5) is 11.6. The van der Waals surface area contributed by atoms with E-state index in [9.17, 15) is 22.0 Å². The van der Waals surface area contributed by atoms with Gasteiger partial charge in [-0.25, -0.2) is 21.9 Å². The molecule has 0 bridgehead atoms. The molecule has 0 radical (unpaired) electrons. The maximum atomic E-state index is 14.1. The van der Waals surface area contributed by atoms with E-state index in [0.717, 1.165) is 17.4 Å². The number of carbonyl (C=O) groups is 1. The largest absolute Gasteiger partial charge is 0.454 e. The molecule has 0 aliphatic rings. The quantitative estimate of drug-likeness (QED) is 0.915. The monoisotopic (exact) mass is 355 g/mol. The Balaban J connectivity index is 2.32. The van der Waals surface area contributed by atoms with Crippen LogP contribution in [0, 0.1) is 25.5 Å². The first-order valence-electron chi connectivity index (χ1n) is 6.83. The van der Waals surface area contributed by atoms with Crippen molar-refractivity contribution >= 4 is 15.9 Å². The third kappa shape index (κ3) is 4.29. The van der Waals surface area contributed by atoms with E-state index in [1.54, 1.807) is 22.9 Å². The van der Waals surface area contributed by atoms with Gasteiger partial charge in [0.05, 0.1) is 11.8 Å². The van der Waals surface area contributed by atoms with Gasteiger partial charge in [-0.3, -0.25) is 4.79 Å². The number of hydrogen-bond acceptors (Lipinski definition) is 4. The summed E-state index contributed by atoms with van der Waals surface area (Å²) in [6.07, 6.45) is 0.733. The molecule has 0 saturated heterocycles. The number of nitrogens with one attached hydrogen (secondary N) is 1. The molecule has 2 aromatic carbocycles. The molecule has 1 amide bonds. The van der Waals surface area contributed by atoms with Crippen LogP contribution >= 0.6 is 0 Å². The van der Waals surface area contributed by atoms with Gasteiger partial charge in [-0.1, -0.05) is 6.07 Å². The van der Waals surface area contributed by atoms with Gasteiger partial charge in [0, 0.05) is 6.07 Å². The molecule has 8 heteroatoms. The van der Waals surface area contributed by atoms with Crippen molar-refractivity contribution in [2.24, 2.45) is 0 Å². The molecule has 0 aliphatic carbocycles. The van der Waals surface area contributed by atoms with Crippen molar-refractivity contribution in [2.75, 3.05) is 6.26 Å². The lowest BCUT2D eigenvalue weighted by molar-refractivity contribution is 0.0977. The number of carbonyl (C=O) groups excluding carboxylic acids is 1. The molecule has 2 aromatic rings. The van der Waals surface area contributed by atoms with Crippen LogP contribution in [-0.4, -0.2) is 20.6 Å². The van der Waals surface area contributed by atoms with Crippen LogP contribution in [0.25, 0.3) is 0 Å². The van der Waals surface area contributed by atoms with E-state index in [1.807, 2.05) is 13.8 Å². The molecule has 0 fully saturated rings. The minimum atomic E-state index is -3.89. The van der Waals surface area contributed by atoms with Crippen molar-refractivity contribution in [1.29, 1.82) is 0 Å². The smallest absolute Gasteiger partial charge is 0.267 e. The summed E-state index contributed by atoms with van der Waals surface area (Å²) < 4.78 is 56.9. The molecule has 128 valence electrons. The van der Waals surface area contributed by atoms with Gasteiger partial charge in [0.1, 0.15) is 11.6 Å². The van der Waals surface area contributed by atoms with Gasteiger partial charge in [0.2, 0.25) is 10.0 Å². The first-order chi connectivity index (χ1) is 11.1. The van der Waals surface area contributed by atoms with Gasteiger partial charge in [0.25, 0.3) is 5.91 Å². The highest BCUT2D eigenvalue weighted by Crippen LogP contribution is 2.28. The highest BCUT2D eigenvalue weighted by Gasteiger charge is 2.19. The standard InChI is InChI=1S/C16H15F2NO4S/c1-9-4-5-11(6-10(9)2)23-15-8-13(17)12(7-14(15)18)16(20)19-24(3,21)22/h4-8H,1-3H3,(H,19,20). The molecular formula is C16H15F2NO4S. The topological polar surface area (TPSA) is 72.5 Å². The van der Waals surface area contributed by atoms with Crippen LogP contribution < -0.4 is 9.46 Å². The number of benzene rings is 2. The number of ether oxygens (including phenoxy) is 1. The fourth-order valence-corrected chi connectivity index (χ4v) is 2.36. The molecular weight excluding hydrogens is 340 g/mol. The molecule has 0 spiro atoms. The van der Waals surface area contributed by atoms with Crippen LogP contribution in [0.4, 0.5) is 8.78 Å². The van der Waals surface area contributed by atoms with Crippen molar-refractivity contribution in [2.45, 2.75) is 13.8 Å². The fourth-order valence-electron chi connectivity index (χ4n) is 1.91. The number of rotatable bonds is 4. The summed E-state index contributed by atoms with van der Waals surface area (Å²) in [7, 11) is -3.89. The van der Waals surface area contributed by atoms with Crippen molar-refractivity contribution in [1.82, 2.24) is 4.72 Å². The van der Waals surface area contributed by atoms with E-state index in [1.165, 1.54) is 0 Å². The van der Waals surface area contributed by atoms with E-state index in [4.69, 9.17) is 4.74 Å². The van der Waals surface area contributed by atoms with E-state index < -0.39 is 38.9 Å². The normalized spacial score (nSPS) is 11.2. The number of sulfonamides is 1. The summed E-state index contributed by atoms with van der Waals surface area (Å²) in [6, 6.07) is 6.32. The molecule has 0 aliphatic heterocycles. The molecule has 0 atom stereocenters. The maximum absolute atomic E-state index is 14.1. The van der Waals surface area contributed by atoms with E-state index in [-0.39, 0.29) is 0 Å². The van der Waals surface area contributed by atoms with Crippen LogP contribution in [0.2, 0.25) is 0 Å². The van der Waals surface area contributed by atoms with E-state index >= 15 is 0 Å². The van der Waals surface area contributed by atoms with Crippen LogP contribution in [0.5, 0.6) is 11.5 Å². The summed E-state index contributed by atoms with van der Waals surface area (Å²) in [5, 5.41) is 0. The molecule has 2 rings (SSSR count). The Morgan fingerprint density at radius 2 is 1.71 bits per heavy atom. The Morgan fingerprint density at radius 1 is 1.04 bits per heavy atom. The van der Waals surface area contributed by atoms with Crippen LogP contribution in [0.1, 0.15) is 21.5 Å². The van der Waals surface area contributed by atoms with Gasteiger partial charge in [0.15, 0.2) is 11.6 Å². The molecule has 24 heavy (non-hydrogen) atoms. The third-order valence-corrected chi connectivity index (χ3v) is 3.81. The number of aryl methyl sites for hydroxylation is 2. The highest BCUT2D eigenvalue weighted by molar-refractivity contribution is 7.89. The first-order valence-corrected chi connectivity index (χ1v) is 8.72. The van der Waals surface area contributed by atoms with Gasteiger partial charge >= 0.3 is 0 Å². The molecule has 1 N–H and O–H groups in total. The van der Waals surface area contributed by atoms with Gasteiger partial charge in [-0.05, 0) is 43.2 Å². The molecule has 0 aromatic heterocycles. The SMILES string of the molecule is Cc1ccc(Oc2cc(F)c(C(=O)NS(C)(=O)=O)cc2F)cc1C. The van der Waals surface area contributed by atoms with Gasteiger partial charge < -0.3 is 4.74 Å². The summed E-state index contributed by atoms with van der Waals surface area (Å²) in [5.74, 6) is -3.45. The lowest BCUT2D eigenvalue weighted by atomic mass is 10.1. The minimum absolute atomic E-state index is 0.310. The predicted octanol–water partition coefficient (Wildman–Crippen LogP) is 3.06. The van der Waals surface area contributed by atoms with Crippen molar-refractivity contribution in [3.63, 3.8) is 0 Å². The van der Waals surface area contributed by atoms with Gasteiger partial charge in [-0.2, -0.15) is 0 Å². The van der Waals surface area contributed by atoms with E-state index in [2.05, 4.69) is 0 Å². The minimum Gasteiger partial charge on any atom is -0.454 e. The van der Waals surface area contributed by atoms with Crippen molar-refractivity contribution in [3.05, 3.63) is 58.7 Å². The average Bonchev–Trinajstić information content (AvgIpc) is 2.44. The second-order valence-corrected chi connectivity index (χ2v) is 7.06.